The van der Waals surface area contributed by atoms with Crippen molar-refractivity contribution in [2.75, 3.05) is 5.75 Å². The average Bonchev–Trinajstić information content (AvgIpc) is 2.14. The molecule has 1 unspecified atom stereocenters. The Morgan fingerprint density at radius 1 is 2.00 bits per heavy atom. The zero-order valence-electron chi connectivity index (χ0n) is 3.59. The van der Waals surface area contributed by atoms with Crippen LogP contribution in [-0.4, -0.2) is 12.0 Å². The number of hydrogen-bond acceptors (Lipinski definition) is 3. The fraction of sp³-hybridized carbons (Fsp3) is 0.500. The van der Waals surface area contributed by atoms with Gasteiger partial charge < -0.3 is 0 Å². The van der Waals surface area contributed by atoms with Gasteiger partial charge in [0.1, 0.15) is 5.92 Å². The zero-order valence-corrected chi connectivity index (χ0v) is 4.40. The topological polar surface area (TPSA) is 36.1 Å². The number of nitriles is 1. The van der Waals surface area contributed by atoms with Gasteiger partial charge in [-0.3, -0.25) is 0 Å². The average molecular weight is 111 g/mol. The lowest BCUT2D eigenvalue weighted by molar-refractivity contribution is 1.08. The van der Waals surface area contributed by atoms with Gasteiger partial charge in [0.15, 0.2) is 0 Å². The molecule has 0 saturated heterocycles. The third kappa shape index (κ3) is 0.937. The van der Waals surface area contributed by atoms with Gasteiger partial charge in [0, 0.05) is 5.75 Å². The molecule has 0 fully saturated rings. The molecule has 1 heterocycles. The first-order valence-electron chi connectivity index (χ1n) is 1.90. The molecule has 1 aliphatic rings. The van der Waals surface area contributed by atoms with Crippen molar-refractivity contribution in [3.05, 3.63) is 0 Å². The first-order valence-corrected chi connectivity index (χ1v) is 2.85. The van der Waals surface area contributed by atoms with Gasteiger partial charge in [-0.25, -0.2) is 4.40 Å². The summed E-state index contributed by atoms with van der Waals surface area (Å²) in [5, 5.41) is 8.18. The summed E-state index contributed by atoms with van der Waals surface area (Å²) in [6.07, 6.45) is 2.63. The summed E-state index contributed by atoms with van der Waals surface area (Å²) in [5.74, 6) is 0.737. The second-order valence-electron chi connectivity index (χ2n) is 1.20. The Hall–Kier alpha value is -0.490. The lowest BCUT2D eigenvalue weighted by Crippen LogP contribution is -1.93. The molecule has 1 rings (SSSR count). The van der Waals surface area contributed by atoms with E-state index in [0.29, 0.717) is 0 Å². The van der Waals surface area contributed by atoms with Crippen molar-refractivity contribution >= 4 is 18.2 Å². The van der Waals surface area contributed by atoms with Crippen molar-refractivity contribution in [1.29, 1.82) is 5.26 Å². The van der Waals surface area contributed by atoms with Crippen LogP contribution in [-0.2, 0) is 0 Å². The minimum Gasteiger partial charge on any atom is -0.218 e. The highest BCUT2D eigenvalue weighted by molar-refractivity contribution is 7.98. The van der Waals surface area contributed by atoms with E-state index in [9.17, 15) is 0 Å². The minimum atomic E-state index is -0.0509. The van der Waals surface area contributed by atoms with Crippen LogP contribution in [0.1, 0.15) is 0 Å². The summed E-state index contributed by atoms with van der Waals surface area (Å²) in [5.41, 5.74) is 0. The van der Waals surface area contributed by atoms with Crippen LogP contribution >= 0.6 is 11.9 Å². The predicted octanol–water partition coefficient (Wildman–Crippen LogP) is 0.736. The van der Waals surface area contributed by atoms with Crippen LogP contribution in [0, 0.1) is 17.2 Å². The van der Waals surface area contributed by atoms with Gasteiger partial charge in [0.2, 0.25) is 0 Å². The lowest BCUT2D eigenvalue weighted by Gasteiger charge is -1.81. The molecule has 0 bridgehead atoms. The van der Waals surface area contributed by atoms with Crippen LogP contribution in [0.5, 0.6) is 0 Å². The van der Waals surface area contributed by atoms with Crippen LogP contribution in [0.3, 0.4) is 0 Å². The summed E-state index contributed by atoms with van der Waals surface area (Å²) in [6, 6.07) is 2.04. The van der Waals surface area contributed by atoms with E-state index in [0.717, 1.165) is 5.75 Å². The van der Waals surface area contributed by atoms with Crippen LogP contribution in [0.25, 0.3) is 0 Å². The number of hydrogen-bond donors (Lipinski definition) is 0. The highest BCUT2D eigenvalue weighted by Gasteiger charge is 2.08. The lowest BCUT2D eigenvalue weighted by atomic mass is 10.2. The Bertz CT molecular complexity index is 124. The van der Waals surface area contributed by atoms with E-state index in [2.05, 4.69) is 10.6 Å². The minimum absolute atomic E-state index is 0.0509. The molecule has 1 atom stereocenters. The van der Waals surface area contributed by atoms with E-state index in [-0.39, 0.29) is 5.92 Å². The molecule has 0 spiro atoms. The highest BCUT2D eigenvalue weighted by atomic mass is 32.2. The van der Waals surface area contributed by atoms with E-state index < -0.39 is 0 Å². The summed E-state index contributed by atoms with van der Waals surface area (Å²) in [7, 11) is 0. The summed E-state index contributed by atoms with van der Waals surface area (Å²) >= 11 is 1.40. The van der Waals surface area contributed by atoms with Gasteiger partial charge in [0.05, 0.1) is 12.3 Å². The van der Waals surface area contributed by atoms with E-state index in [1.807, 2.05) is 6.07 Å². The smallest absolute Gasteiger partial charge is 0.102 e. The highest BCUT2D eigenvalue weighted by Crippen LogP contribution is 2.14. The molecule has 2 nitrogen and oxygen atoms in total. The standard InChI is InChI=1S/C4H3N2S/c5-1-4-2-6-7-3-4/h4H,3H2. The molecule has 0 saturated carbocycles. The zero-order chi connectivity index (χ0) is 5.11. The predicted molar refractivity (Wildman–Crippen MR) is 29.0 cm³/mol. The van der Waals surface area contributed by atoms with Crippen molar-refractivity contribution in [3.63, 3.8) is 0 Å². The third-order valence-electron chi connectivity index (χ3n) is 0.670. The first kappa shape index (κ1) is 4.66. The van der Waals surface area contributed by atoms with Gasteiger partial charge in [-0.05, 0) is 11.9 Å². The molecule has 0 amide bonds. The van der Waals surface area contributed by atoms with Crippen molar-refractivity contribution < 1.29 is 0 Å². The van der Waals surface area contributed by atoms with Crippen LogP contribution in [0.4, 0.5) is 0 Å². The van der Waals surface area contributed by atoms with Crippen molar-refractivity contribution in [3.8, 4) is 6.07 Å². The van der Waals surface area contributed by atoms with Crippen LogP contribution in [0.15, 0.2) is 4.40 Å². The van der Waals surface area contributed by atoms with Gasteiger partial charge in [0.25, 0.3) is 0 Å². The summed E-state index contributed by atoms with van der Waals surface area (Å²) < 4.78 is 3.68. The Balaban J connectivity index is 2.47. The molecule has 35 valence electrons. The number of rotatable bonds is 0. The molecule has 1 radical (unpaired) electrons. The maximum atomic E-state index is 8.18. The van der Waals surface area contributed by atoms with Gasteiger partial charge in [-0.2, -0.15) is 5.26 Å². The van der Waals surface area contributed by atoms with Gasteiger partial charge in [-0.15, -0.1) is 0 Å². The molecule has 0 aromatic rings. The summed E-state index contributed by atoms with van der Waals surface area (Å²) in [4.78, 5) is 0. The number of nitrogens with zero attached hydrogens (tertiary/aromatic N) is 2. The molecule has 0 N–H and O–H groups in total. The Morgan fingerprint density at radius 3 is 3.14 bits per heavy atom. The monoisotopic (exact) mass is 111 g/mol. The maximum absolute atomic E-state index is 8.18. The van der Waals surface area contributed by atoms with Crippen molar-refractivity contribution in [1.82, 2.24) is 0 Å². The normalized spacial score (nSPS) is 27.6. The third-order valence-corrected chi connectivity index (χ3v) is 1.39. The molecular formula is C4H3N2S. The second-order valence-corrected chi connectivity index (χ2v) is 1.97. The molecule has 3 heteroatoms. The van der Waals surface area contributed by atoms with E-state index in [1.165, 1.54) is 11.9 Å². The molecule has 0 aromatic carbocycles. The van der Waals surface area contributed by atoms with E-state index >= 15 is 0 Å². The SMILES string of the molecule is N#CC1[C]=NSC1. The molecule has 1 aliphatic heterocycles. The quantitative estimate of drug-likeness (QED) is 0.432. The van der Waals surface area contributed by atoms with Crippen molar-refractivity contribution in [2.45, 2.75) is 0 Å². The van der Waals surface area contributed by atoms with Crippen LogP contribution < -0.4 is 0 Å². The molecule has 0 aromatic heterocycles. The van der Waals surface area contributed by atoms with E-state index in [1.54, 1.807) is 0 Å². The maximum Gasteiger partial charge on any atom is 0.102 e. The largest absolute Gasteiger partial charge is 0.218 e. The fourth-order valence-corrected chi connectivity index (χ4v) is 0.891. The van der Waals surface area contributed by atoms with Gasteiger partial charge >= 0.3 is 0 Å². The van der Waals surface area contributed by atoms with Crippen LogP contribution in [0.2, 0.25) is 0 Å². The summed E-state index contributed by atoms with van der Waals surface area (Å²) in [6.45, 7) is 0. The molecule has 0 aliphatic carbocycles. The van der Waals surface area contributed by atoms with Gasteiger partial charge in [-0.1, -0.05) is 0 Å². The van der Waals surface area contributed by atoms with E-state index in [4.69, 9.17) is 5.26 Å². The molecule has 7 heavy (non-hydrogen) atoms. The fourth-order valence-electron chi connectivity index (χ4n) is 0.316. The Kier molecular flexibility index (Phi) is 1.32. The Labute approximate surface area is 46.4 Å². The van der Waals surface area contributed by atoms with Crippen molar-refractivity contribution in [2.24, 2.45) is 10.3 Å². The Morgan fingerprint density at radius 2 is 2.86 bits per heavy atom. The molecular weight excluding hydrogens is 108 g/mol. The first-order chi connectivity index (χ1) is 3.43. The second kappa shape index (κ2) is 1.99.